The van der Waals surface area contributed by atoms with E-state index in [1.165, 1.54) is 0 Å². The fourth-order valence-corrected chi connectivity index (χ4v) is 2.26. The van der Waals surface area contributed by atoms with Crippen molar-refractivity contribution >= 4 is 11.9 Å². The van der Waals surface area contributed by atoms with Crippen LogP contribution in [0.25, 0.3) is 0 Å². The van der Waals surface area contributed by atoms with E-state index < -0.39 is 17.3 Å². The van der Waals surface area contributed by atoms with Crippen molar-refractivity contribution in [3.05, 3.63) is 35.9 Å². The molecule has 0 aliphatic heterocycles. The molecule has 4 nitrogen and oxygen atoms in total. The molecule has 0 saturated heterocycles. The van der Waals surface area contributed by atoms with Crippen LogP contribution in [0.5, 0.6) is 0 Å². The summed E-state index contributed by atoms with van der Waals surface area (Å²) in [5.41, 5.74) is 0.237. The minimum absolute atomic E-state index is 0.149. The van der Waals surface area contributed by atoms with Crippen molar-refractivity contribution < 1.29 is 14.7 Å². The second-order valence-corrected chi connectivity index (χ2v) is 6.37. The van der Waals surface area contributed by atoms with Crippen LogP contribution in [0.4, 0.5) is 0 Å². The molecule has 0 saturated carbocycles. The van der Waals surface area contributed by atoms with E-state index in [0.717, 1.165) is 5.56 Å². The molecule has 0 heterocycles. The molecule has 1 unspecified atom stereocenters. The van der Waals surface area contributed by atoms with Gasteiger partial charge in [-0.05, 0) is 31.7 Å². The van der Waals surface area contributed by atoms with E-state index in [-0.39, 0.29) is 18.4 Å². The summed E-state index contributed by atoms with van der Waals surface area (Å²) in [5, 5.41) is 12.0. The van der Waals surface area contributed by atoms with Crippen molar-refractivity contribution in [2.45, 2.75) is 39.5 Å². The van der Waals surface area contributed by atoms with Gasteiger partial charge in [0.15, 0.2) is 0 Å². The zero-order valence-corrected chi connectivity index (χ0v) is 13.2. The molecule has 116 valence electrons. The van der Waals surface area contributed by atoms with Gasteiger partial charge >= 0.3 is 5.97 Å². The number of benzene rings is 1. The lowest BCUT2D eigenvalue weighted by Gasteiger charge is -2.25. The van der Waals surface area contributed by atoms with Gasteiger partial charge in [-0.3, -0.25) is 9.59 Å². The Balaban J connectivity index is 2.69. The van der Waals surface area contributed by atoms with Crippen LogP contribution in [-0.4, -0.2) is 23.5 Å². The zero-order chi connectivity index (χ0) is 16.0. The lowest BCUT2D eigenvalue weighted by Crippen LogP contribution is -2.43. The second-order valence-electron chi connectivity index (χ2n) is 6.37. The quantitative estimate of drug-likeness (QED) is 0.812. The lowest BCUT2D eigenvalue weighted by molar-refractivity contribution is -0.142. The summed E-state index contributed by atoms with van der Waals surface area (Å²) in [5.74, 6) is -1.27. The number of carbonyl (C=O) groups excluding carboxylic acids is 1. The first-order valence-corrected chi connectivity index (χ1v) is 7.31. The van der Waals surface area contributed by atoms with Gasteiger partial charge in [-0.1, -0.05) is 44.2 Å². The first kappa shape index (κ1) is 17.2. The number of aliphatic carboxylic acids is 1. The molecule has 21 heavy (non-hydrogen) atoms. The minimum atomic E-state index is -0.860. The Morgan fingerprint density at radius 1 is 1.19 bits per heavy atom. The van der Waals surface area contributed by atoms with E-state index in [4.69, 9.17) is 0 Å². The third kappa shape index (κ3) is 4.88. The molecule has 1 aromatic rings. The highest BCUT2D eigenvalue weighted by Gasteiger charge is 2.30. The number of amides is 1. The molecule has 0 aliphatic carbocycles. The number of carboxylic acids is 1. The molecule has 4 heteroatoms. The molecule has 1 atom stereocenters. The van der Waals surface area contributed by atoms with Crippen LogP contribution in [0.3, 0.4) is 0 Å². The molecular weight excluding hydrogens is 266 g/mol. The molecule has 1 amide bonds. The van der Waals surface area contributed by atoms with Gasteiger partial charge in [-0.2, -0.15) is 0 Å². The Labute approximate surface area is 126 Å². The summed E-state index contributed by atoms with van der Waals surface area (Å²) in [6.45, 7) is 7.81. The van der Waals surface area contributed by atoms with Crippen molar-refractivity contribution in [2.24, 2.45) is 11.8 Å². The Morgan fingerprint density at radius 2 is 1.76 bits per heavy atom. The van der Waals surface area contributed by atoms with Gasteiger partial charge in [0.2, 0.25) is 5.91 Å². The number of hydrogen-bond donors (Lipinski definition) is 2. The monoisotopic (exact) mass is 291 g/mol. The van der Waals surface area contributed by atoms with Crippen LogP contribution in [0.2, 0.25) is 0 Å². The second kappa shape index (κ2) is 7.25. The molecule has 0 fully saturated rings. The van der Waals surface area contributed by atoms with Crippen molar-refractivity contribution in [2.75, 3.05) is 6.54 Å². The predicted molar refractivity (Wildman–Crippen MR) is 83.1 cm³/mol. The standard InChI is InChI=1S/C17H25NO3/c1-12(2)10-13(15(19)20)11-18-16(21)17(3,4)14-8-6-5-7-9-14/h5-9,12-13H,10-11H2,1-4H3,(H,18,21)(H,19,20). The lowest BCUT2D eigenvalue weighted by atomic mass is 9.83. The molecule has 1 aromatic carbocycles. The molecule has 0 aliphatic rings. The Hall–Kier alpha value is -1.84. The number of carboxylic acid groups (broad SMARTS) is 1. The summed E-state index contributed by atoms with van der Waals surface area (Å²) in [7, 11) is 0. The maximum absolute atomic E-state index is 12.4. The number of hydrogen-bond acceptors (Lipinski definition) is 2. The maximum atomic E-state index is 12.4. The van der Waals surface area contributed by atoms with Gasteiger partial charge in [-0.15, -0.1) is 0 Å². The Kier molecular flexibility index (Phi) is 5.94. The van der Waals surface area contributed by atoms with Gasteiger partial charge in [-0.25, -0.2) is 0 Å². The SMILES string of the molecule is CC(C)CC(CNC(=O)C(C)(C)c1ccccc1)C(=O)O. The highest BCUT2D eigenvalue weighted by molar-refractivity contribution is 5.87. The maximum Gasteiger partial charge on any atom is 0.308 e. The van der Waals surface area contributed by atoms with Crippen LogP contribution < -0.4 is 5.32 Å². The van der Waals surface area contributed by atoms with Gasteiger partial charge in [0.05, 0.1) is 11.3 Å². The van der Waals surface area contributed by atoms with Gasteiger partial charge in [0, 0.05) is 6.54 Å². The van der Waals surface area contributed by atoms with E-state index >= 15 is 0 Å². The molecule has 0 radical (unpaired) electrons. The van der Waals surface area contributed by atoms with Crippen molar-refractivity contribution in [1.29, 1.82) is 0 Å². The van der Waals surface area contributed by atoms with Crippen LogP contribution >= 0.6 is 0 Å². The van der Waals surface area contributed by atoms with E-state index in [2.05, 4.69) is 5.32 Å². The normalized spacial score (nSPS) is 13.0. The number of nitrogens with one attached hydrogen (secondary N) is 1. The van der Waals surface area contributed by atoms with Crippen LogP contribution in [0.1, 0.15) is 39.7 Å². The van der Waals surface area contributed by atoms with E-state index in [0.29, 0.717) is 6.42 Å². The highest BCUT2D eigenvalue weighted by atomic mass is 16.4. The van der Waals surface area contributed by atoms with E-state index in [9.17, 15) is 14.7 Å². The fourth-order valence-electron chi connectivity index (χ4n) is 2.26. The molecular formula is C17H25NO3. The first-order valence-electron chi connectivity index (χ1n) is 7.31. The topological polar surface area (TPSA) is 66.4 Å². The van der Waals surface area contributed by atoms with Crippen molar-refractivity contribution in [1.82, 2.24) is 5.32 Å². The predicted octanol–water partition coefficient (Wildman–Crippen LogP) is 2.83. The Morgan fingerprint density at radius 3 is 2.24 bits per heavy atom. The molecule has 0 spiro atoms. The number of carbonyl (C=O) groups is 2. The summed E-state index contributed by atoms with van der Waals surface area (Å²) in [6, 6.07) is 9.50. The van der Waals surface area contributed by atoms with Crippen LogP contribution in [0, 0.1) is 11.8 Å². The van der Waals surface area contributed by atoms with Crippen LogP contribution in [0.15, 0.2) is 30.3 Å². The third-order valence-electron chi connectivity index (χ3n) is 3.68. The van der Waals surface area contributed by atoms with E-state index in [1.807, 2.05) is 58.0 Å². The molecule has 0 bridgehead atoms. The number of rotatable bonds is 7. The molecule has 1 rings (SSSR count). The van der Waals surface area contributed by atoms with Gasteiger partial charge < -0.3 is 10.4 Å². The smallest absolute Gasteiger partial charge is 0.308 e. The average molecular weight is 291 g/mol. The summed E-state index contributed by atoms with van der Waals surface area (Å²) >= 11 is 0. The Bertz CT molecular complexity index is 480. The summed E-state index contributed by atoms with van der Waals surface area (Å²) in [4.78, 5) is 23.6. The van der Waals surface area contributed by atoms with Gasteiger partial charge in [0.1, 0.15) is 0 Å². The average Bonchev–Trinajstić information content (AvgIpc) is 2.43. The van der Waals surface area contributed by atoms with Crippen LogP contribution in [-0.2, 0) is 15.0 Å². The third-order valence-corrected chi connectivity index (χ3v) is 3.68. The highest BCUT2D eigenvalue weighted by Crippen LogP contribution is 2.23. The first-order chi connectivity index (χ1) is 9.75. The molecule has 0 aromatic heterocycles. The summed E-state index contributed by atoms with van der Waals surface area (Å²) < 4.78 is 0. The van der Waals surface area contributed by atoms with E-state index in [1.54, 1.807) is 0 Å². The van der Waals surface area contributed by atoms with Gasteiger partial charge in [0.25, 0.3) is 0 Å². The molecule has 2 N–H and O–H groups in total. The zero-order valence-electron chi connectivity index (χ0n) is 13.2. The summed E-state index contributed by atoms with van der Waals surface area (Å²) in [6.07, 6.45) is 0.557. The minimum Gasteiger partial charge on any atom is -0.481 e. The fraction of sp³-hybridized carbons (Fsp3) is 0.529. The van der Waals surface area contributed by atoms with Crippen molar-refractivity contribution in [3.8, 4) is 0 Å². The largest absolute Gasteiger partial charge is 0.481 e. The van der Waals surface area contributed by atoms with Crippen molar-refractivity contribution in [3.63, 3.8) is 0 Å².